The van der Waals surface area contributed by atoms with Crippen molar-refractivity contribution in [2.75, 3.05) is 0 Å². The van der Waals surface area contributed by atoms with Crippen molar-refractivity contribution < 1.29 is 4.79 Å². The Kier molecular flexibility index (Phi) is 5.78. The Bertz CT molecular complexity index is 802. The van der Waals surface area contributed by atoms with Gasteiger partial charge in [-0.25, -0.2) is 0 Å². The third-order valence-corrected chi connectivity index (χ3v) is 4.31. The molecule has 1 N–H and O–H groups in total. The van der Waals surface area contributed by atoms with Gasteiger partial charge in [0.25, 0.3) is 5.91 Å². The van der Waals surface area contributed by atoms with Gasteiger partial charge >= 0.3 is 0 Å². The van der Waals surface area contributed by atoms with E-state index in [1.54, 1.807) is 11.7 Å². The van der Waals surface area contributed by atoms with Crippen LogP contribution in [-0.4, -0.2) is 15.7 Å². The van der Waals surface area contributed by atoms with Crippen molar-refractivity contribution in [1.82, 2.24) is 15.1 Å². The summed E-state index contributed by atoms with van der Waals surface area (Å²) in [5.41, 5.74) is 2.16. The van der Waals surface area contributed by atoms with Crippen molar-refractivity contribution in [3.63, 3.8) is 0 Å². The predicted molar refractivity (Wildman–Crippen MR) is 94.2 cm³/mol. The molecule has 0 bridgehead atoms. The summed E-state index contributed by atoms with van der Waals surface area (Å²) in [6.45, 7) is 3.80. The second-order valence-corrected chi connectivity index (χ2v) is 5.80. The third-order valence-electron chi connectivity index (χ3n) is 3.85. The van der Waals surface area contributed by atoms with Gasteiger partial charge in [-0.2, -0.15) is 10.4 Å². The van der Waals surface area contributed by atoms with Crippen LogP contribution in [0, 0.1) is 18.3 Å². The molecule has 0 aliphatic heterocycles. The molecule has 1 amide bonds. The molecule has 124 valence electrons. The van der Waals surface area contributed by atoms with Crippen LogP contribution >= 0.6 is 11.6 Å². The molecule has 1 atom stereocenters. The number of hydrogen-bond acceptors (Lipinski definition) is 3. The predicted octanol–water partition coefficient (Wildman–Crippen LogP) is 3.56. The van der Waals surface area contributed by atoms with Crippen molar-refractivity contribution in [3.8, 4) is 6.07 Å². The normalized spacial score (nSPS) is 12.5. The lowest BCUT2D eigenvalue weighted by Crippen LogP contribution is -2.29. The number of carbonyl (C=O) groups excluding carboxylic acids is 1. The summed E-state index contributed by atoms with van der Waals surface area (Å²) in [6, 6.07) is 11.4. The van der Waals surface area contributed by atoms with E-state index in [1.807, 2.05) is 50.2 Å². The first-order valence-electron chi connectivity index (χ1n) is 7.64. The minimum absolute atomic E-state index is 0.0237. The maximum atomic E-state index is 12.4. The largest absolute Gasteiger partial charge is 0.345 e. The number of aryl methyl sites for hydroxylation is 1. The van der Waals surface area contributed by atoms with Crippen molar-refractivity contribution >= 4 is 23.6 Å². The Hall–Kier alpha value is -2.58. The average molecular weight is 343 g/mol. The lowest BCUT2D eigenvalue weighted by molar-refractivity contribution is -0.117. The van der Waals surface area contributed by atoms with Gasteiger partial charge < -0.3 is 5.32 Å². The van der Waals surface area contributed by atoms with Crippen molar-refractivity contribution in [2.24, 2.45) is 7.05 Å². The lowest BCUT2D eigenvalue weighted by atomic mass is 10.0. The number of benzene rings is 1. The minimum atomic E-state index is -0.437. The fraction of sp³-hybridized carbons (Fsp3) is 0.278. The van der Waals surface area contributed by atoms with E-state index < -0.39 is 5.91 Å². The van der Waals surface area contributed by atoms with Crippen LogP contribution < -0.4 is 5.32 Å². The van der Waals surface area contributed by atoms with E-state index in [2.05, 4.69) is 10.4 Å². The number of nitrogens with one attached hydrogen (secondary N) is 1. The zero-order valence-corrected chi connectivity index (χ0v) is 14.6. The molecule has 1 aromatic heterocycles. The van der Waals surface area contributed by atoms with Gasteiger partial charge in [0.1, 0.15) is 17.3 Å². The van der Waals surface area contributed by atoms with E-state index in [4.69, 9.17) is 11.6 Å². The minimum Gasteiger partial charge on any atom is -0.345 e. The Balaban J connectivity index is 2.24. The van der Waals surface area contributed by atoms with Gasteiger partial charge in [-0.1, -0.05) is 48.9 Å². The Morgan fingerprint density at radius 3 is 2.62 bits per heavy atom. The van der Waals surface area contributed by atoms with Crippen molar-refractivity contribution in [1.29, 1.82) is 5.26 Å². The molecule has 0 aliphatic rings. The van der Waals surface area contributed by atoms with Crippen LogP contribution in [-0.2, 0) is 11.8 Å². The number of aromatic nitrogens is 2. The molecule has 0 fully saturated rings. The van der Waals surface area contributed by atoms with E-state index >= 15 is 0 Å². The molecule has 5 nitrogen and oxygen atoms in total. The number of amides is 1. The zero-order chi connectivity index (χ0) is 17.7. The first-order chi connectivity index (χ1) is 11.5. The van der Waals surface area contributed by atoms with Crippen LogP contribution in [0.2, 0.25) is 5.02 Å². The second-order valence-electron chi connectivity index (χ2n) is 5.42. The molecule has 0 radical (unpaired) electrons. The van der Waals surface area contributed by atoms with Gasteiger partial charge in [0.2, 0.25) is 0 Å². The monoisotopic (exact) mass is 342 g/mol. The maximum absolute atomic E-state index is 12.4. The van der Waals surface area contributed by atoms with Crippen LogP contribution in [0.3, 0.4) is 0 Å². The SMILES string of the molecule is CCC(NC(=O)/C(C#N)=C\c1nn(C)c(C)c1Cl)c1ccccc1. The highest BCUT2D eigenvalue weighted by molar-refractivity contribution is 6.32. The molecule has 0 spiro atoms. The quantitative estimate of drug-likeness (QED) is 0.667. The fourth-order valence-corrected chi connectivity index (χ4v) is 2.54. The summed E-state index contributed by atoms with van der Waals surface area (Å²) >= 11 is 6.18. The topological polar surface area (TPSA) is 70.7 Å². The van der Waals surface area contributed by atoms with Gasteiger partial charge in [0.15, 0.2) is 0 Å². The van der Waals surface area contributed by atoms with Gasteiger partial charge in [0.05, 0.1) is 16.8 Å². The van der Waals surface area contributed by atoms with E-state index in [1.165, 1.54) is 6.08 Å². The highest BCUT2D eigenvalue weighted by Gasteiger charge is 2.17. The van der Waals surface area contributed by atoms with Crippen LogP contribution in [0.1, 0.15) is 36.3 Å². The van der Waals surface area contributed by atoms with E-state index in [0.29, 0.717) is 10.7 Å². The molecule has 2 rings (SSSR count). The first-order valence-corrected chi connectivity index (χ1v) is 8.02. The standard InChI is InChI=1S/C18H19ClN4O/c1-4-15(13-8-6-5-7-9-13)21-18(24)14(11-20)10-16-17(19)12(2)23(3)22-16/h5-10,15H,4H2,1-3H3,(H,21,24)/b14-10-. The smallest absolute Gasteiger partial charge is 0.262 e. The molecule has 0 saturated carbocycles. The summed E-state index contributed by atoms with van der Waals surface area (Å²) in [5, 5.41) is 16.9. The summed E-state index contributed by atoms with van der Waals surface area (Å²) in [6.07, 6.45) is 2.14. The van der Waals surface area contributed by atoms with Crippen molar-refractivity contribution in [2.45, 2.75) is 26.3 Å². The molecule has 6 heteroatoms. The molecular weight excluding hydrogens is 324 g/mol. The van der Waals surface area contributed by atoms with Crippen LogP contribution in [0.4, 0.5) is 0 Å². The maximum Gasteiger partial charge on any atom is 0.262 e. The van der Waals surface area contributed by atoms with Crippen molar-refractivity contribution in [3.05, 3.63) is 57.9 Å². The molecule has 24 heavy (non-hydrogen) atoms. The molecule has 0 saturated heterocycles. The number of rotatable bonds is 5. The number of carbonyl (C=O) groups is 1. The summed E-state index contributed by atoms with van der Waals surface area (Å²) in [4.78, 5) is 12.4. The molecular formula is C18H19ClN4O. The number of hydrogen-bond donors (Lipinski definition) is 1. The van der Waals surface area contributed by atoms with Crippen LogP contribution in [0.5, 0.6) is 0 Å². The summed E-state index contributed by atoms with van der Waals surface area (Å²) < 4.78 is 1.61. The van der Waals surface area contributed by atoms with Gasteiger partial charge in [0, 0.05) is 7.05 Å². The molecule has 1 heterocycles. The van der Waals surface area contributed by atoms with Gasteiger partial charge in [-0.15, -0.1) is 0 Å². The number of nitriles is 1. The van der Waals surface area contributed by atoms with E-state index in [0.717, 1.165) is 17.7 Å². The molecule has 2 aromatic rings. The van der Waals surface area contributed by atoms with Gasteiger partial charge in [-0.05, 0) is 25.0 Å². The summed E-state index contributed by atoms with van der Waals surface area (Å²) in [5.74, 6) is -0.437. The van der Waals surface area contributed by atoms with Crippen LogP contribution in [0.25, 0.3) is 6.08 Å². The molecule has 1 unspecified atom stereocenters. The third kappa shape index (κ3) is 3.84. The van der Waals surface area contributed by atoms with E-state index in [9.17, 15) is 10.1 Å². The second kappa shape index (κ2) is 7.80. The van der Waals surface area contributed by atoms with Gasteiger partial charge in [-0.3, -0.25) is 9.48 Å². The number of halogens is 1. The fourth-order valence-electron chi connectivity index (χ4n) is 2.33. The Morgan fingerprint density at radius 2 is 2.12 bits per heavy atom. The Morgan fingerprint density at radius 1 is 1.46 bits per heavy atom. The lowest BCUT2D eigenvalue weighted by Gasteiger charge is -2.17. The average Bonchev–Trinajstić information content (AvgIpc) is 2.84. The summed E-state index contributed by atoms with van der Waals surface area (Å²) in [7, 11) is 1.76. The molecule has 1 aromatic carbocycles. The van der Waals surface area contributed by atoms with E-state index in [-0.39, 0.29) is 11.6 Å². The highest BCUT2D eigenvalue weighted by atomic mass is 35.5. The Labute approximate surface area is 146 Å². The van der Waals surface area contributed by atoms with Crippen LogP contribution in [0.15, 0.2) is 35.9 Å². The molecule has 0 aliphatic carbocycles. The number of nitrogens with zero attached hydrogens (tertiary/aromatic N) is 3. The first kappa shape index (κ1) is 17.8. The highest BCUT2D eigenvalue weighted by Crippen LogP contribution is 2.22. The zero-order valence-electron chi connectivity index (χ0n) is 13.9.